The zero-order valence-corrected chi connectivity index (χ0v) is 15.1. The maximum atomic E-state index is 12.4. The van der Waals surface area contributed by atoms with Gasteiger partial charge in [0.2, 0.25) is 0 Å². The Morgan fingerprint density at radius 2 is 2.00 bits per heavy atom. The highest BCUT2D eigenvalue weighted by molar-refractivity contribution is 7.80. The van der Waals surface area contributed by atoms with Gasteiger partial charge in [0.05, 0.1) is 13.7 Å². The van der Waals surface area contributed by atoms with Crippen LogP contribution in [0.3, 0.4) is 0 Å². The Labute approximate surface area is 155 Å². The molecule has 0 aromatic heterocycles. The van der Waals surface area contributed by atoms with Crippen LogP contribution in [0.2, 0.25) is 0 Å². The summed E-state index contributed by atoms with van der Waals surface area (Å²) < 4.78 is 14.8. The summed E-state index contributed by atoms with van der Waals surface area (Å²) in [6.45, 7) is 1.44. The van der Waals surface area contributed by atoms with Gasteiger partial charge in [-0.1, -0.05) is 18.2 Å². The van der Waals surface area contributed by atoms with Crippen molar-refractivity contribution in [1.29, 1.82) is 0 Å². The average Bonchev–Trinajstić information content (AvgIpc) is 2.88. The summed E-state index contributed by atoms with van der Waals surface area (Å²) in [7, 11) is 1.23. The number of carbonyl (C=O) groups excluding carboxylic acids is 3. The molecule has 1 aromatic rings. The van der Waals surface area contributed by atoms with Crippen LogP contribution in [0.5, 0.6) is 5.75 Å². The van der Waals surface area contributed by atoms with Gasteiger partial charge in [-0.05, 0) is 31.3 Å². The van der Waals surface area contributed by atoms with Gasteiger partial charge in [-0.25, -0.2) is 4.79 Å². The van der Waals surface area contributed by atoms with Crippen LogP contribution in [0.15, 0.2) is 30.0 Å². The normalized spacial score (nSPS) is 15.0. The highest BCUT2D eigenvalue weighted by atomic mass is 32.1. The third-order valence-corrected chi connectivity index (χ3v) is 3.67. The number of hydrogen-bond donors (Lipinski definition) is 1. The molecule has 1 N–H and O–H groups in total. The minimum Gasteiger partial charge on any atom is -0.481 e. The van der Waals surface area contributed by atoms with Crippen LogP contribution >= 0.6 is 12.2 Å². The van der Waals surface area contributed by atoms with Crippen LogP contribution < -0.4 is 10.1 Å². The highest BCUT2D eigenvalue weighted by Gasteiger charge is 2.32. The van der Waals surface area contributed by atoms with Crippen LogP contribution in [0.25, 0.3) is 6.08 Å². The minimum absolute atomic E-state index is 0.108. The second-order valence-corrected chi connectivity index (χ2v) is 5.47. The third kappa shape index (κ3) is 4.79. The van der Waals surface area contributed by atoms with Gasteiger partial charge in [-0.2, -0.15) is 0 Å². The number of nitrogens with one attached hydrogen (secondary N) is 1. The molecular weight excluding hydrogens is 360 g/mol. The zero-order valence-electron chi connectivity index (χ0n) is 14.3. The fraction of sp³-hybridized carbons (Fsp3) is 0.294. The van der Waals surface area contributed by atoms with Crippen LogP contribution in [0, 0.1) is 0 Å². The Morgan fingerprint density at radius 3 is 2.69 bits per heavy atom. The predicted molar refractivity (Wildman–Crippen MR) is 96.0 cm³/mol. The third-order valence-electron chi connectivity index (χ3n) is 3.35. The quantitative estimate of drug-likeness (QED) is 0.424. The molecular formula is C17H18N2O6S. The van der Waals surface area contributed by atoms with E-state index >= 15 is 0 Å². The van der Waals surface area contributed by atoms with Crippen molar-refractivity contribution in [3.05, 3.63) is 35.5 Å². The monoisotopic (exact) mass is 378 g/mol. The van der Waals surface area contributed by atoms with Gasteiger partial charge in [0.15, 0.2) is 11.7 Å². The topological polar surface area (TPSA) is 94.2 Å². The molecule has 0 unspecified atom stereocenters. The van der Waals surface area contributed by atoms with E-state index in [0.717, 1.165) is 4.90 Å². The van der Waals surface area contributed by atoms with E-state index in [4.69, 9.17) is 21.7 Å². The molecule has 1 fully saturated rings. The van der Waals surface area contributed by atoms with Gasteiger partial charge in [0.25, 0.3) is 5.91 Å². The summed E-state index contributed by atoms with van der Waals surface area (Å²) >= 11 is 5.08. The molecule has 0 bridgehead atoms. The second kappa shape index (κ2) is 8.95. The van der Waals surface area contributed by atoms with Crippen molar-refractivity contribution in [1.82, 2.24) is 10.2 Å². The van der Waals surface area contributed by atoms with Crippen molar-refractivity contribution >= 4 is 41.3 Å². The number of nitrogens with zero attached hydrogens (tertiary/aromatic N) is 1. The first kappa shape index (κ1) is 19.4. The minimum atomic E-state index is -0.582. The van der Waals surface area contributed by atoms with Crippen molar-refractivity contribution in [3.8, 4) is 5.75 Å². The van der Waals surface area contributed by atoms with E-state index in [9.17, 15) is 14.4 Å². The largest absolute Gasteiger partial charge is 0.481 e. The molecule has 1 saturated heterocycles. The number of methoxy groups -OCH3 is 1. The summed E-state index contributed by atoms with van der Waals surface area (Å²) in [4.78, 5) is 36.4. The van der Waals surface area contributed by atoms with Crippen LogP contribution in [0.4, 0.5) is 0 Å². The Kier molecular flexibility index (Phi) is 6.67. The average molecular weight is 378 g/mol. The Bertz CT molecular complexity index is 761. The lowest BCUT2D eigenvalue weighted by Crippen LogP contribution is -2.35. The highest BCUT2D eigenvalue weighted by Crippen LogP contribution is 2.22. The van der Waals surface area contributed by atoms with E-state index in [-0.39, 0.29) is 30.6 Å². The van der Waals surface area contributed by atoms with Gasteiger partial charge in [0.1, 0.15) is 18.0 Å². The lowest BCUT2D eigenvalue weighted by molar-refractivity contribution is -0.145. The first-order chi connectivity index (χ1) is 12.5. The van der Waals surface area contributed by atoms with Crippen LogP contribution in [0.1, 0.15) is 12.5 Å². The molecule has 9 heteroatoms. The van der Waals surface area contributed by atoms with Gasteiger partial charge < -0.3 is 19.5 Å². The number of carbonyl (C=O) groups is 3. The van der Waals surface area contributed by atoms with E-state index in [2.05, 4.69) is 10.1 Å². The molecule has 1 aromatic carbocycles. The number of hydrogen-bond acceptors (Lipinski definition) is 7. The van der Waals surface area contributed by atoms with Gasteiger partial charge >= 0.3 is 11.9 Å². The van der Waals surface area contributed by atoms with Crippen molar-refractivity contribution < 1.29 is 28.6 Å². The Morgan fingerprint density at radius 1 is 1.27 bits per heavy atom. The van der Waals surface area contributed by atoms with E-state index in [1.807, 2.05) is 0 Å². The SMILES string of the molecule is CCOC(=O)COc1ccccc1/C=C1\NC(=S)N(CC(=O)OC)C1=O. The molecule has 8 nitrogen and oxygen atoms in total. The number of para-hydroxylation sites is 1. The molecule has 138 valence electrons. The predicted octanol–water partition coefficient (Wildman–Crippen LogP) is 0.859. The molecule has 0 spiro atoms. The van der Waals surface area contributed by atoms with Crippen molar-refractivity contribution in [2.24, 2.45) is 0 Å². The summed E-state index contributed by atoms with van der Waals surface area (Å²) in [5, 5.41) is 2.87. The van der Waals surface area contributed by atoms with E-state index in [1.165, 1.54) is 13.2 Å². The fourth-order valence-corrected chi connectivity index (χ4v) is 2.39. The molecule has 1 aliphatic rings. The zero-order chi connectivity index (χ0) is 19.1. The summed E-state index contributed by atoms with van der Waals surface area (Å²) in [5.41, 5.74) is 0.751. The first-order valence-electron chi connectivity index (χ1n) is 7.75. The molecule has 2 rings (SSSR count). The van der Waals surface area contributed by atoms with E-state index in [1.54, 1.807) is 31.2 Å². The molecule has 1 heterocycles. The smallest absolute Gasteiger partial charge is 0.344 e. The van der Waals surface area contributed by atoms with E-state index < -0.39 is 17.8 Å². The second-order valence-electron chi connectivity index (χ2n) is 5.09. The van der Waals surface area contributed by atoms with Crippen molar-refractivity contribution in [3.63, 3.8) is 0 Å². The number of esters is 2. The summed E-state index contributed by atoms with van der Waals surface area (Å²) in [6.07, 6.45) is 1.53. The van der Waals surface area contributed by atoms with Gasteiger partial charge in [-0.3, -0.25) is 14.5 Å². The number of ether oxygens (including phenoxy) is 3. The number of amides is 1. The van der Waals surface area contributed by atoms with Crippen molar-refractivity contribution in [2.45, 2.75) is 6.92 Å². The Balaban J connectivity index is 2.17. The number of benzene rings is 1. The number of thiocarbonyl (C=S) groups is 1. The van der Waals surface area contributed by atoms with E-state index in [0.29, 0.717) is 11.3 Å². The molecule has 0 aliphatic carbocycles. The van der Waals surface area contributed by atoms with Gasteiger partial charge in [-0.15, -0.1) is 0 Å². The first-order valence-corrected chi connectivity index (χ1v) is 8.16. The lowest BCUT2D eigenvalue weighted by Gasteiger charge is -2.11. The van der Waals surface area contributed by atoms with Crippen molar-refractivity contribution in [2.75, 3.05) is 26.9 Å². The molecule has 1 amide bonds. The molecule has 0 atom stereocenters. The maximum Gasteiger partial charge on any atom is 0.344 e. The van der Waals surface area contributed by atoms with Gasteiger partial charge in [0, 0.05) is 5.56 Å². The summed E-state index contributed by atoms with van der Waals surface area (Å²) in [6, 6.07) is 6.87. The van der Waals surface area contributed by atoms with Crippen LogP contribution in [-0.2, 0) is 23.9 Å². The summed E-state index contributed by atoms with van der Waals surface area (Å²) in [5.74, 6) is -1.13. The maximum absolute atomic E-state index is 12.4. The standard InChI is InChI=1S/C17H18N2O6S/c1-3-24-15(21)10-25-13-7-5-4-6-11(13)8-12-16(22)19(17(26)18-12)9-14(20)23-2/h4-8H,3,9-10H2,1-2H3,(H,18,26)/b12-8-. The molecule has 0 saturated carbocycles. The molecule has 0 radical (unpaired) electrons. The molecule has 26 heavy (non-hydrogen) atoms. The lowest BCUT2D eigenvalue weighted by atomic mass is 10.1. The Hall–Kier alpha value is -2.94. The van der Waals surface area contributed by atoms with Crippen LogP contribution in [-0.4, -0.2) is 54.7 Å². The number of rotatable bonds is 7. The fourth-order valence-electron chi connectivity index (χ4n) is 2.13. The molecule has 1 aliphatic heterocycles.